The van der Waals surface area contributed by atoms with Gasteiger partial charge in [0.15, 0.2) is 0 Å². The van der Waals surface area contributed by atoms with Crippen LogP contribution in [0.25, 0.3) is 0 Å². The average Bonchev–Trinajstić information content (AvgIpc) is 2.90. The lowest BCUT2D eigenvalue weighted by Crippen LogP contribution is -2.47. The molecule has 3 rings (SSSR count). The van der Waals surface area contributed by atoms with Gasteiger partial charge in [-0.2, -0.15) is 0 Å². The Labute approximate surface area is 210 Å². The van der Waals surface area contributed by atoms with Gasteiger partial charge in [0, 0.05) is 6.42 Å². The molecule has 0 aliphatic carbocycles. The van der Waals surface area contributed by atoms with E-state index in [1.54, 1.807) is 0 Å². The van der Waals surface area contributed by atoms with Gasteiger partial charge in [-0.3, -0.25) is 9.59 Å². The number of carbonyl (C=O) groups excluding carboxylic acids is 2. The van der Waals surface area contributed by atoms with Crippen molar-refractivity contribution in [3.63, 3.8) is 0 Å². The van der Waals surface area contributed by atoms with Crippen LogP contribution in [0.2, 0.25) is 0 Å². The first-order valence-electron chi connectivity index (χ1n) is 12.8. The van der Waals surface area contributed by atoms with E-state index in [2.05, 4.69) is 48.6 Å². The highest BCUT2D eigenvalue weighted by atomic mass is 16.2. The van der Waals surface area contributed by atoms with E-state index < -0.39 is 17.4 Å². The second kappa shape index (κ2) is 13.5. The van der Waals surface area contributed by atoms with E-state index in [9.17, 15) is 9.59 Å². The zero-order chi connectivity index (χ0) is 24.9. The summed E-state index contributed by atoms with van der Waals surface area (Å²) < 4.78 is 0. The lowest BCUT2D eigenvalue weighted by atomic mass is 9.67. The molecule has 3 N–H and O–H groups in total. The maximum Gasteiger partial charge on any atom is 0.239 e. The summed E-state index contributed by atoms with van der Waals surface area (Å²) in [5.41, 5.74) is 8.07. The molecule has 0 saturated heterocycles. The van der Waals surface area contributed by atoms with Crippen molar-refractivity contribution < 1.29 is 9.59 Å². The zero-order valence-electron chi connectivity index (χ0n) is 20.8. The van der Waals surface area contributed by atoms with Gasteiger partial charge in [-0.25, -0.2) is 0 Å². The number of hydrogen-bond donors (Lipinski definition) is 2. The lowest BCUT2D eigenvalue weighted by molar-refractivity contribution is -0.128. The molecule has 0 unspecified atom stereocenters. The molecule has 3 aromatic rings. The molecule has 0 fully saturated rings. The Morgan fingerprint density at radius 3 is 1.57 bits per heavy atom. The fourth-order valence-electron chi connectivity index (χ4n) is 4.87. The summed E-state index contributed by atoms with van der Waals surface area (Å²) in [6, 6.07) is 29.7. The number of primary amides is 1. The van der Waals surface area contributed by atoms with Crippen molar-refractivity contribution >= 4 is 11.8 Å². The minimum atomic E-state index is -0.698. The Morgan fingerprint density at radius 2 is 1.14 bits per heavy atom. The molecule has 2 amide bonds. The smallest absolute Gasteiger partial charge is 0.239 e. The summed E-state index contributed by atoms with van der Waals surface area (Å²) in [7, 11) is 0. The summed E-state index contributed by atoms with van der Waals surface area (Å²) in [6.45, 7) is 2.19. The number of hydrogen-bond acceptors (Lipinski definition) is 2. The highest BCUT2D eigenvalue weighted by molar-refractivity contribution is 5.87. The van der Waals surface area contributed by atoms with E-state index in [4.69, 9.17) is 5.73 Å². The molecule has 3 aromatic carbocycles. The second-order valence-electron chi connectivity index (χ2n) is 9.26. The van der Waals surface area contributed by atoms with Gasteiger partial charge in [0.2, 0.25) is 11.8 Å². The Kier molecular flexibility index (Phi) is 10.1. The van der Waals surface area contributed by atoms with Crippen LogP contribution in [0.3, 0.4) is 0 Å². The standard InChI is InChI=1S/C31H38N2O2/c1-2-3-4-5-6-16-23-28(30(32)35)33-29(34)24-31(25-17-10-7-11-18-25,26-19-12-8-13-20-26)27-21-14-9-15-22-27/h7-15,17-22,28H,2-6,16,23-24H2,1H3,(H2,32,35)(H,33,34)/t28-/m1/s1. The number of unbranched alkanes of at least 4 members (excludes halogenated alkanes) is 5. The summed E-state index contributed by atoms with van der Waals surface area (Å²) in [5.74, 6) is -0.659. The fourth-order valence-corrected chi connectivity index (χ4v) is 4.87. The van der Waals surface area contributed by atoms with E-state index in [1.165, 1.54) is 19.3 Å². The quantitative estimate of drug-likeness (QED) is 0.220. The summed E-state index contributed by atoms with van der Waals surface area (Å²) >= 11 is 0. The molecule has 0 bridgehead atoms. The van der Waals surface area contributed by atoms with Crippen LogP contribution in [0.5, 0.6) is 0 Å². The molecule has 184 valence electrons. The van der Waals surface area contributed by atoms with Crippen LogP contribution in [0.4, 0.5) is 0 Å². The maximum absolute atomic E-state index is 13.5. The summed E-state index contributed by atoms with van der Waals surface area (Å²) in [4.78, 5) is 25.7. The first-order chi connectivity index (χ1) is 17.1. The molecule has 0 saturated carbocycles. The van der Waals surface area contributed by atoms with Crippen molar-refractivity contribution in [3.05, 3.63) is 108 Å². The summed E-state index contributed by atoms with van der Waals surface area (Å²) in [5, 5.41) is 2.97. The monoisotopic (exact) mass is 470 g/mol. The second-order valence-corrected chi connectivity index (χ2v) is 9.26. The van der Waals surface area contributed by atoms with E-state index in [1.807, 2.05) is 54.6 Å². The van der Waals surface area contributed by atoms with E-state index in [0.29, 0.717) is 6.42 Å². The van der Waals surface area contributed by atoms with Gasteiger partial charge in [-0.05, 0) is 23.1 Å². The van der Waals surface area contributed by atoms with Gasteiger partial charge < -0.3 is 11.1 Å². The van der Waals surface area contributed by atoms with Crippen LogP contribution < -0.4 is 11.1 Å². The fraction of sp³-hybridized carbons (Fsp3) is 0.355. The molecule has 0 aliphatic heterocycles. The minimum Gasteiger partial charge on any atom is -0.368 e. The lowest BCUT2D eigenvalue weighted by Gasteiger charge is -2.36. The molecule has 1 atom stereocenters. The molecule has 0 radical (unpaired) electrons. The van der Waals surface area contributed by atoms with Crippen LogP contribution in [-0.2, 0) is 15.0 Å². The van der Waals surface area contributed by atoms with Crippen molar-refractivity contribution in [1.29, 1.82) is 0 Å². The van der Waals surface area contributed by atoms with Gasteiger partial charge >= 0.3 is 0 Å². The van der Waals surface area contributed by atoms with Crippen molar-refractivity contribution in [3.8, 4) is 0 Å². The first kappa shape index (κ1) is 26.2. The van der Waals surface area contributed by atoms with E-state index in [0.717, 1.165) is 36.0 Å². The molecular formula is C31H38N2O2. The number of amides is 2. The number of nitrogens with one attached hydrogen (secondary N) is 1. The number of benzene rings is 3. The Balaban J connectivity index is 1.87. The highest BCUT2D eigenvalue weighted by Crippen LogP contribution is 2.42. The third kappa shape index (κ3) is 7.05. The number of carbonyl (C=O) groups is 2. The number of nitrogens with two attached hydrogens (primary N) is 1. The van der Waals surface area contributed by atoms with Crippen molar-refractivity contribution in [2.24, 2.45) is 5.73 Å². The Bertz CT molecular complexity index is 939. The first-order valence-corrected chi connectivity index (χ1v) is 12.8. The third-order valence-corrected chi connectivity index (χ3v) is 6.75. The zero-order valence-corrected chi connectivity index (χ0v) is 20.8. The van der Waals surface area contributed by atoms with Crippen LogP contribution in [0.15, 0.2) is 91.0 Å². The maximum atomic E-state index is 13.5. The van der Waals surface area contributed by atoms with Crippen molar-refractivity contribution in [2.75, 3.05) is 0 Å². The minimum absolute atomic E-state index is 0.172. The highest BCUT2D eigenvalue weighted by Gasteiger charge is 2.39. The molecule has 0 heterocycles. The van der Waals surface area contributed by atoms with Crippen molar-refractivity contribution in [1.82, 2.24) is 5.32 Å². The van der Waals surface area contributed by atoms with E-state index >= 15 is 0 Å². The molecule has 35 heavy (non-hydrogen) atoms. The Morgan fingerprint density at radius 1 is 0.714 bits per heavy atom. The Hall–Kier alpha value is -3.40. The topological polar surface area (TPSA) is 72.2 Å². The molecule has 4 heteroatoms. The van der Waals surface area contributed by atoms with Gasteiger partial charge in [0.25, 0.3) is 0 Å². The third-order valence-electron chi connectivity index (χ3n) is 6.75. The number of rotatable bonds is 14. The average molecular weight is 471 g/mol. The van der Waals surface area contributed by atoms with E-state index in [-0.39, 0.29) is 12.3 Å². The van der Waals surface area contributed by atoms with Crippen LogP contribution in [0.1, 0.15) is 75.0 Å². The molecular weight excluding hydrogens is 432 g/mol. The SMILES string of the molecule is CCCCCCCC[C@@H](NC(=O)CC(c1ccccc1)(c1ccccc1)c1ccccc1)C(N)=O. The predicted molar refractivity (Wildman–Crippen MR) is 143 cm³/mol. The predicted octanol–water partition coefficient (Wildman–Crippen LogP) is 6.13. The molecule has 0 aromatic heterocycles. The molecule has 0 spiro atoms. The van der Waals surface area contributed by atoms with Crippen LogP contribution in [0, 0.1) is 0 Å². The molecule has 4 nitrogen and oxygen atoms in total. The van der Waals surface area contributed by atoms with Crippen LogP contribution in [-0.4, -0.2) is 17.9 Å². The largest absolute Gasteiger partial charge is 0.368 e. The van der Waals surface area contributed by atoms with Gasteiger partial charge in [0.1, 0.15) is 6.04 Å². The van der Waals surface area contributed by atoms with Crippen molar-refractivity contribution in [2.45, 2.75) is 69.7 Å². The van der Waals surface area contributed by atoms with Gasteiger partial charge in [-0.15, -0.1) is 0 Å². The van der Waals surface area contributed by atoms with Gasteiger partial charge in [-0.1, -0.05) is 136 Å². The van der Waals surface area contributed by atoms with Crippen LogP contribution >= 0.6 is 0 Å². The normalized spacial score (nSPS) is 12.1. The summed E-state index contributed by atoms with van der Waals surface area (Å²) in [6.07, 6.45) is 7.45. The van der Waals surface area contributed by atoms with Gasteiger partial charge in [0.05, 0.1) is 5.41 Å². The molecule has 0 aliphatic rings.